The molecule has 2 aromatic carbocycles. The molecule has 0 radical (unpaired) electrons. The van der Waals surface area contributed by atoms with E-state index in [4.69, 9.17) is 4.42 Å². The Morgan fingerprint density at radius 2 is 1.95 bits per heavy atom. The summed E-state index contributed by atoms with van der Waals surface area (Å²) < 4.78 is 5.88. The van der Waals surface area contributed by atoms with Gasteiger partial charge in [-0.05, 0) is 37.1 Å². The standard InChI is InChI=1S/C18H18N2O/c1-12(20-18-7-4-10-19-18)13-8-9-17-15(11-13)14-5-2-3-6-16(14)21-17/h2-3,5-6,8-9,11-12H,4,7,10H2,1H3,(H,19,20). The Morgan fingerprint density at radius 3 is 2.81 bits per heavy atom. The molecule has 1 atom stereocenters. The Hall–Kier alpha value is -2.29. The van der Waals surface area contributed by atoms with Gasteiger partial charge in [-0.3, -0.25) is 4.99 Å². The van der Waals surface area contributed by atoms with Gasteiger partial charge in [0.2, 0.25) is 0 Å². The van der Waals surface area contributed by atoms with E-state index in [1.807, 2.05) is 12.1 Å². The highest BCUT2D eigenvalue weighted by molar-refractivity contribution is 6.05. The number of fused-ring (bicyclic) bond motifs is 3. The topological polar surface area (TPSA) is 37.5 Å². The number of hydrogen-bond donors (Lipinski definition) is 1. The third-order valence-electron chi connectivity index (χ3n) is 4.16. The van der Waals surface area contributed by atoms with E-state index in [1.165, 1.54) is 22.8 Å². The minimum atomic E-state index is 0.264. The third kappa shape index (κ3) is 2.19. The molecule has 1 aromatic heterocycles. The van der Waals surface area contributed by atoms with E-state index in [0.717, 1.165) is 30.0 Å². The molecule has 21 heavy (non-hydrogen) atoms. The highest BCUT2D eigenvalue weighted by Crippen LogP contribution is 2.30. The van der Waals surface area contributed by atoms with Crippen molar-refractivity contribution in [1.82, 2.24) is 5.32 Å². The third-order valence-corrected chi connectivity index (χ3v) is 4.16. The molecule has 0 aliphatic carbocycles. The van der Waals surface area contributed by atoms with Gasteiger partial charge in [-0.2, -0.15) is 0 Å². The van der Waals surface area contributed by atoms with Gasteiger partial charge in [-0.1, -0.05) is 24.3 Å². The number of nitrogens with one attached hydrogen (secondary N) is 1. The van der Waals surface area contributed by atoms with E-state index in [9.17, 15) is 0 Å². The van der Waals surface area contributed by atoms with Crippen molar-refractivity contribution in [2.24, 2.45) is 4.99 Å². The first-order valence-corrected chi connectivity index (χ1v) is 7.52. The van der Waals surface area contributed by atoms with Crippen LogP contribution in [-0.2, 0) is 0 Å². The summed E-state index contributed by atoms with van der Waals surface area (Å²) in [5, 5.41) is 5.89. The molecule has 3 heteroatoms. The van der Waals surface area contributed by atoms with E-state index in [0.29, 0.717) is 0 Å². The summed E-state index contributed by atoms with van der Waals surface area (Å²) in [6.07, 6.45) is 2.24. The van der Waals surface area contributed by atoms with Gasteiger partial charge in [0, 0.05) is 29.8 Å². The summed E-state index contributed by atoms with van der Waals surface area (Å²) in [4.78, 5) is 4.49. The van der Waals surface area contributed by atoms with Gasteiger partial charge in [0.05, 0.1) is 5.84 Å². The monoisotopic (exact) mass is 278 g/mol. The van der Waals surface area contributed by atoms with E-state index >= 15 is 0 Å². The van der Waals surface area contributed by atoms with Gasteiger partial charge in [0.15, 0.2) is 0 Å². The first-order chi connectivity index (χ1) is 10.3. The van der Waals surface area contributed by atoms with Crippen molar-refractivity contribution < 1.29 is 4.42 Å². The van der Waals surface area contributed by atoms with Gasteiger partial charge < -0.3 is 9.73 Å². The van der Waals surface area contributed by atoms with E-state index < -0.39 is 0 Å². The molecule has 0 bridgehead atoms. The van der Waals surface area contributed by atoms with Crippen LogP contribution in [0.5, 0.6) is 0 Å². The molecule has 0 fully saturated rings. The minimum absolute atomic E-state index is 0.264. The summed E-state index contributed by atoms with van der Waals surface area (Å²) in [7, 11) is 0. The van der Waals surface area contributed by atoms with Crippen LogP contribution in [0.25, 0.3) is 21.9 Å². The van der Waals surface area contributed by atoms with Crippen LogP contribution in [0.3, 0.4) is 0 Å². The van der Waals surface area contributed by atoms with Gasteiger partial charge in [-0.25, -0.2) is 0 Å². The Balaban J connectivity index is 1.73. The van der Waals surface area contributed by atoms with Crippen molar-refractivity contribution in [2.45, 2.75) is 25.8 Å². The van der Waals surface area contributed by atoms with Crippen molar-refractivity contribution in [3.63, 3.8) is 0 Å². The second kappa shape index (κ2) is 4.92. The molecular formula is C18H18N2O. The average molecular weight is 278 g/mol. The van der Waals surface area contributed by atoms with Crippen molar-refractivity contribution in [2.75, 3.05) is 6.54 Å². The first-order valence-electron chi connectivity index (χ1n) is 7.52. The molecule has 0 saturated heterocycles. The molecule has 0 amide bonds. The summed E-state index contributed by atoms with van der Waals surface area (Å²) >= 11 is 0. The first kappa shape index (κ1) is 12.5. The predicted molar refractivity (Wildman–Crippen MR) is 86.8 cm³/mol. The van der Waals surface area contributed by atoms with Crippen LogP contribution in [0.1, 0.15) is 31.4 Å². The quantitative estimate of drug-likeness (QED) is 0.753. The van der Waals surface area contributed by atoms with Crippen LogP contribution >= 0.6 is 0 Å². The second-order valence-corrected chi connectivity index (χ2v) is 5.65. The SMILES string of the molecule is CC(NC1=NCCC1)c1ccc2oc3ccccc3c2c1. The predicted octanol–water partition coefficient (Wildman–Crippen LogP) is 4.43. The van der Waals surface area contributed by atoms with Gasteiger partial charge >= 0.3 is 0 Å². The van der Waals surface area contributed by atoms with Crippen molar-refractivity contribution in [3.05, 3.63) is 48.0 Å². The molecule has 1 aliphatic heterocycles. The maximum atomic E-state index is 5.88. The number of nitrogens with zero attached hydrogens (tertiary/aromatic N) is 1. The summed E-state index contributed by atoms with van der Waals surface area (Å²) in [6.45, 7) is 3.14. The molecule has 0 spiro atoms. The number of aliphatic imine (C=N–C) groups is 1. The van der Waals surface area contributed by atoms with Gasteiger partial charge in [-0.15, -0.1) is 0 Å². The summed E-state index contributed by atoms with van der Waals surface area (Å²) in [5.74, 6) is 1.14. The fourth-order valence-corrected chi connectivity index (χ4v) is 3.00. The fourth-order valence-electron chi connectivity index (χ4n) is 3.00. The Kier molecular flexibility index (Phi) is 2.92. The summed E-state index contributed by atoms with van der Waals surface area (Å²) in [5.41, 5.74) is 3.17. The highest BCUT2D eigenvalue weighted by Gasteiger charge is 2.13. The minimum Gasteiger partial charge on any atom is -0.456 e. The normalized spacial score (nSPS) is 16.3. The molecule has 1 N–H and O–H groups in total. The molecule has 1 unspecified atom stereocenters. The molecule has 106 valence electrons. The molecule has 0 saturated carbocycles. The van der Waals surface area contributed by atoms with Gasteiger partial charge in [0.1, 0.15) is 11.2 Å². The molecular weight excluding hydrogens is 260 g/mol. The maximum absolute atomic E-state index is 5.88. The maximum Gasteiger partial charge on any atom is 0.135 e. The van der Waals surface area contributed by atoms with Crippen LogP contribution in [0.2, 0.25) is 0 Å². The average Bonchev–Trinajstić information content (AvgIpc) is 3.13. The van der Waals surface area contributed by atoms with Crippen LogP contribution in [0.4, 0.5) is 0 Å². The lowest BCUT2D eigenvalue weighted by atomic mass is 10.0. The van der Waals surface area contributed by atoms with Crippen LogP contribution in [0, 0.1) is 0 Å². The number of benzene rings is 2. The second-order valence-electron chi connectivity index (χ2n) is 5.65. The molecule has 3 aromatic rings. The molecule has 1 aliphatic rings. The molecule has 3 nitrogen and oxygen atoms in total. The largest absolute Gasteiger partial charge is 0.456 e. The zero-order chi connectivity index (χ0) is 14.2. The zero-order valence-electron chi connectivity index (χ0n) is 12.1. The van der Waals surface area contributed by atoms with Crippen LogP contribution in [-0.4, -0.2) is 12.4 Å². The Bertz CT molecular complexity index is 831. The lowest BCUT2D eigenvalue weighted by Gasteiger charge is -2.15. The lowest BCUT2D eigenvalue weighted by molar-refractivity contribution is 0.667. The molecule has 4 rings (SSSR count). The number of hydrogen-bond acceptors (Lipinski definition) is 3. The smallest absolute Gasteiger partial charge is 0.135 e. The Labute approximate surface area is 123 Å². The van der Waals surface area contributed by atoms with Crippen LogP contribution in [0.15, 0.2) is 51.9 Å². The lowest BCUT2D eigenvalue weighted by Crippen LogP contribution is -2.24. The highest BCUT2D eigenvalue weighted by atomic mass is 16.3. The van der Waals surface area contributed by atoms with E-state index in [-0.39, 0.29) is 6.04 Å². The summed E-state index contributed by atoms with van der Waals surface area (Å²) in [6, 6.07) is 14.9. The molecule has 2 heterocycles. The van der Waals surface area contributed by atoms with E-state index in [2.05, 4.69) is 47.6 Å². The number of amidine groups is 1. The van der Waals surface area contributed by atoms with E-state index in [1.54, 1.807) is 0 Å². The number of rotatable bonds is 2. The number of para-hydroxylation sites is 1. The van der Waals surface area contributed by atoms with Crippen molar-refractivity contribution in [3.8, 4) is 0 Å². The number of furan rings is 1. The van der Waals surface area contributed by atoms with Gasteiger partial charge in [0.25, 0.3) is 0 Å². The van der Waals surface area contributed by atoms with Crippen molar-refractivity contribution >= 4 is 27.8 Å². The van der Waals surface area contributed by atoms with Crippen LogP contribution < -0.4 is 5.32 Å². The Morgan fingerprint density at radius 1 is 1.10 bits per heavy atom. The fraction of sp³-hybridized carbons (Fsp3) is 0.278. The zero-order valence-corrected chi connectivity index (χ0v) is 12.1. The van der Waals surface area contributed by atoms with Crippen molar-refractivity contribution in [1.29, 1.82) is 0 Å².